The zero-order valence-corrected chi connectivity index (χ0v) is 14.2. The molecule has 3 N–H and O–H groups in total. The van der Waals surface area contributed by atoms with Crippen LogP contribution in [0.4, 0.5) is 0 Å². The van der Waals surface area contributed by atoms with Crippen molar-refractivity contribution in [3.05, 3.63) is 0 Å². The summed E-state index contributed by atoms with van der Waals surface area (Å²) < 4.78 is 25.3. The van der Waals surface area contributed by atoms with Gasteiger partial charge >= 0.3 is 65.1 Å². The average Bonchev–Trinajstić information content (AvgIpc) is 1.85. The summed E-state index contributed by atoms with van der Waals surface area (Å²) in [6, 6.07) is -0.816. The molecule has 0 aliphatic rings. The van der Waals surface area contributed by atoms with E-state index in [2.05, 4.69) is 12.6 Å². The van der Waals surface area contributed by atoms with E-state index in [1.54, 1.807) is 0 Å². The fourth-order valence-electron chi connectivity index (χ4n) is 0.0781. The van der Waals surface area contributed by atoms with E-state index in [1.807, 2.05) is 0 Å². The Hall–Kier alpha value is 2.14. The predicted octanol–water partition coefficient (Wildman–Crippen LogP) is -7.25. The number of carboxylic acids is 1. The molecule has 0 heterocycles. The van der Waals surface area contributed by atoms with Crippen molar-refractivity contribution in [1.82, 2.24) is 0 Å². The molecule has 0 aliphatic carbocycles. The van der Waals surface area contributed by atoms with Gasteiger partial charge in [-0.3, -0.25) is 9.00 Å². The Morgan fingerprint density at radius 2 is 1.71 bits per heavy atom. The number of hydrogen-bond acceptors (Lipinski definition) is 6. The third kappa shape index (κ3) is 36.8. The van der Waals surface area contributed by atoms with Crippen LogP contribution in [0.1, 0.15) is 0 Å². The number of rotatable bonds is 2. The molecule has 0 radical (unpaired) electrons. The van der Waals surface area contributed by atoms with Gasteiger partial charge in [-0.2, -0.15) is 12.6 Å². The second-order valence-corrected chi connectivity index (χ2v) is 2.10. The van der Waals surface area contributed by atoms with Crippen LogP contribution in [0.15, 0.2) is 0 Å². The molecule has 6 nitrogen and oxygen atoms in total. The fourth-order valence-corrected chi connectivity index (χ4v) is 0.234. The van der Waals surface area contributed by atoms with Gasteiger partial charge in [-0.05, 0) is 0 Å². The quantitative estimate of drug-likeness (QED) is 0.263. The van der Waals surface area contributed by atoms with E-state index in [9.17, 15) is 4.79 Å². The van der Waals surface area contributed by atoms with Crippen LogP contribution in [-0.4, -0.2) is 36.2 Å². The zero-order chi connectivity index (χ0) is 9.44. The van der Waals surface area contributed by atoms with Crippen LogP contribution in [-0.2, 0) is 16.2 Å². The van der Waals surface area contributed by atoms with Crippen molar-refractivity contribution in [3.63, 3.8) is 0 Å². The number of aliphatic carboxylic acids is 1. The maximum absolute atomic E-state index is 9.76. The molecule has 0 fully saturated rings. The van der Waals surface area contributed by atoms with Gasteiger partial charge in [0.15, 0.2) is 0 Å². The Morgan fingerprint density at radius 1 is 1.50 bits per heavy atom. The van der Waals surface area contributed by atoms with Crippen LogP contribution >= 0.6 is 25.0 Å². The van der Waals surface area contributed by atoms with E-state index in [0.717, 1.165) is 0 Å². The number of nitrogens with two attached hydrogens (primary N) is 1. The van der Waals surface area contributed by atoms with E-state index in [0.29, 0.717) is 0 Å². The van der Waals surface area contributed by atoms with Crippen LogP contribution < -0.4 is 64.8 Å². The Kier molecular flexibility index (Phi) is 43.7. The van der Waals surface area contributed by atoms with E-state index in [1.165, 1.54) is 0 Å². The number of halogens is 1. The van der Waals surface area contributed by atoms with Crippen molar-refractivity contribution in [3.8, 4) is 0 Å². The minimum absolute atomic E-state index is 0. The third-order valence-corrected chi connectivity index (χ3v) is 0.907. The number of carbonyl (C=O) groups is 1. The summed E-state index contributed by atoms with van der Waals surface area (Å²) in [7, 11) is 0. The summed E-state index contributed by atoms with van der Waals surface area (Å²) in [5, 5.41) is 8.01. The van der Waals surface area contributed by atoms with Crippen LogP contribution in [0.2, 0.25) is 0 Å². The predicted molar refractivity (Wildman–Crippen MR) is 46.4 cm³/mol. The Morgan fingerprint density at radius 3 is 1.71 bits per heavy atom. The largest absolute Gasteiger partial charge is 1.00 e. The molecule has 0 aromatic rings. The standard InChI is InChI=1S/C3H7NO2S.ClH.2Na.H2O3S/c4-2(1-7)3(5)6;;;;1-4(2)3/h2,7H,1,4H2,(H,5,6);1H;;;(H2,1,2,3)/q;;2*+1;/p-2/t2-;;;;/m0..../s1. The summed E-state index contributed by atoms with van der Waals surface area (Å²) in [6.45, 7) is 0. The first-order chi connectivity index (χ1) is 4.91. The molecule has 0 spiro atoms. The first kappa shape index (κ1) is 29.8. The normalized spacial score (nSPS) is 9.21. The monoisotopic (exact) mass is 283 g/mol. The van der Waals surface area contributed by atoms with E-state index in [4.69, 9.17) is 24.2 Å². The summed E-state index contributed by atoms with van der Waals surface area (Å²) in [4.78, 5) is 9.76. The Balaban J connectivity index is -0.0000000347. The summed E-state index contributed by atoms with van der Waals surface area (Å²) >= 11 is 0.538. The molecular formula is C3H8ClNNa2O5S2. The first-order valence-electron chi connectivity index (χ1n) is 2.27. The number of carboxylic acid groups (broad SMARTS) is 1. The van der Waals surface area contributed by atoms with Gasteiger partial charge in [0.05, 0.1) is 0 Å². The van der Waals surface area contributed by atoms with Crippen molar-refractivity contribution in [1.29, 1.82) is 0 Å². The molecule has 0 rings (SSSR count). The van der Waals surface area contributed by atoms with E-state index in [-0.39, 0.29) is 77.3 Å². The van der Waals surface area contributed by atoms with E-state index >= 15 is 0 Å². The van der Waals surface area contributed by atoms with Crippen LogP contribution in [0.25, 0.3) is 0 Å². The molecular weight excluding hydrogens is 276 g/mol. The van der Waals surface area contributed by atoms with Gasteiger partial charge in [0.25, 0.3) is 0 Å². The molecule has 0 saturated carbocycles. The minimum Gasteiger partial charge on any atom is -0.784 e. The van der Waals surface area contributed by atoms with Gasteiger partial charge < -0.3 is 19.9 Å². The maximum atomic E-state index is 9.76. The molecule has 0 unspecified atom stereocenters. The van der Waals surface area contributed by atoms with Crippen molar-refractivity contribution < 1.29 is 82.3 Å². The van der Waals surface area contributed by atoms with Gasteiger partial charge in [0, 0.05) is 5.75 Å². The molecule has 0 aromatic carbocycles. The van der Waals surface area contributed by atoms with Crippen LogP contribution in [0.3, 0.4) is 0 Å². The third-order valence-electron chi connectivity index (χ3n) is 0.514. The molecule has 0 amide bonds. The van der Waals surface area contributed by atoms with Crippen molar-refractivity contribution >= 4 is 42.4 Å². The summed E-state index contributed by atoms with van der Waals surface area (Å²) in [5.74, 6) is -0.815. The number of thiol groups is 1. The molecule has 0 aromatic heterocycles. The molecule has 0 saturated heterocycles. The molecule has 0 bridgehead atoms. The van der Waals surface area contributed by atoms with Crippen molar-refractivity contribution in [2.45, 2.75) is 6.04 Å². The molecule has 0 aliphatic heterocycles. The summed E-state index contributed by atoms with van der Waals surface area (Å²) in [5.41, 5.74) is 4.94. The topological polar surface area (TPSA) is 127 Å². The van der Waals surface area contributed by atoms with Crippen molar-refractivity contribution in [2.75, 3.05) is 5.75 Å². The van der Waals surface area contributed by atoms with Crippen LogP contribution in [0.5, 0.6) is 0 Å². The van der Waals surface area contributed by atoms with E-state index < -0.39 is 23.4 Å². The first-order valence-corrected chi connectivity index (χ1v) is 3.91. The van der Waals surface area contributed by atoms with Gasteiger partial charge in [-0.15, -0.1) is 23.8 Å². The Bertz CT molecular complexity index is 149. The second kappa shape index (κ2) is 20.5. The second-order valence-electron chi connectivity index (χ2n) is 1.33. The molecule has 11 heteroatoms. The van der Waals surface area contributed by atoms with Gasteiger partial charge in [0.1, 0.15) is 6.04 Å². The smallest absolute Gasteiger partial charge is 0.784 e. The fraction of sp³-hybridized carbons (Fsp3) is 0.667. The molecule has 14 heavy (non-hydrogen) atoms. The minimum atomic E-state index is -3.11. The van der Waals surface area contributed by atoms with Crippen LogP contribution in [0, 0.1) is 0 Å². The summed E-state index contributed by atoms with van der Waals surface area (Å²) in [6.07, 6.45) is 0. The number of hydrogen-bond donors (Lipinski definition) is 3. The SMILES string of the molecule is Cl.N[C@@H](CS)C(=O)O.O=S([O-])[O-].[Na+].[Na+]. The molecule has 1 atom stereocenters. The maximum Gasteiger partial charge on any atom is 1.00 e. The average molecular weight is 284 g/mol. The Labute approximate surface area is 140 Å². The molecule has 76 valence electrons. The van der Waals surface area contributed by atoms with Gasteiger partial charge in [0.2, 0.25) is 0 Å². The van der Waals surface area contributed by atoms with Crippen molar-refractivity contribution in [2.24, 2.45) is 5.73 Å². The van der Waals surface area contributed by atoms with Gasteiger partial charge in [-0.25, -0.2) is 0 Å². The zero-order valence-electron chi connectivity index (χ0n) is 7.71. The van der Waals surface area contributed by atoms with Gasteiger partial charge in [-0.1, -0.05) is 0 Å².